The minimum absolute atomic E-state index is 0.108. The lowest BCUT2D eigenvalue weighted by atomic mass is 10.0. The third-order valence-corrected chi connectivity index (χ3v) is 4.29. The predicted molar refractivity (Wildman–Crippen MR) is 95.4 cm³/mol. The summed E-state index contributed by atoms with van der Waals surface area (Å²) in [6.45, 7) is 4.23. The van der Waals surface area contributed by atoms with E-state index >= 15 is 0 Å². The van der Waals surface area contributed by atoms with Crippen molar-refractivity contribution in [2.45, 2.75) is 19.8 Å². The quantitative estimate of drug-likeness (QED) is 0.615. The molecule has 0 unspecified atom stereocenters. The van der Waals surface area contributed by atoms with Crippen LogP contribution in [0.25, 0.3) is 6.08 Å². The summed E-state index contributed by atoms with van der Waals surface area (Å²) in [6, 6.07) is 12.2. The first kappa shape index (κ1) is 17.2. The van der Waals surface area contributed by atoms with Crippen molar-refractivity contribution < 1.29 is 22.1 Å². The summed E-state index contributed by atoms with van der Waals surface area (Å²) in [7, 11) is -3.64. The maximum atomic E-state index is 12.4. The number of carbonyl (C=O) groups excluding carboxylic acids is 1. The SMILES string of the molecule is CC(C)c1ccc(/C=C2\Oc3cc(OS(C)(=O)=O)ccc3C2=O)cc1. The Labute approximate surface area is 147 Å². The molecule has 0 saturated carbocycles. The number of carbonyl (C=O) groups is 1. The topological polar surface area (TPSA) is 69.7 Å². The van der Waals surface area contributed by atoms with Crippen molar-refractivity contribution in [3.05, 3.63) is 64.9 Å². The molecule has 25 heavy (non-hydrogen) atoms. The molecule has 0 fully saturated rings. The fourth-order valence-electron chi connectivity index (χ4n) is 2.52. The Hall–Kier alpha value is -2.60. The minimum atomic E-state index is -3.64. The van der Waals surface area contributed by atoms with E-state index in [1.54, 1.807) is 6.08 Å². The van der Waals surface area contributed by atoms with E-state index < -0.39 is 10.1 Å². The van der Waals surface area contributed by atoms with Crippen molar-refractivity contribution in [1.82, 2.24) is 0 Å². The van der Waals surface area contributed by atoms with Gasteiger partial charge in [0.2, 0.25) is 5.78 Å². The third-order valence-electron chi connectivity index (χ3n) is 3.79. The zero-order chi connectivity index (χ0) is 18.2. The van der Waals surface area contributed by atoms with Gasteiger partial charge in [0.25, 0.3) is 0 Å². The maximum absolute atomic E-state index is 12.4. The molecule has 0 spiro atoms. The van der Waals surface area contributed by atoms with E-state index in [1.807, 2.05) is 24.3 Å². The van der Waals surface area contributed by atoms with Crippen molar-refractivity contribution in [2.24, 2.45) is 0 Å². The average molecular weight is 358 g/mol. The number of rotatable bonds is 4. The molecule has 0 radical (unpaired) electrons. The first-order chi connectivity index (χ1) is 11.7. The van der Waals surface area contributed by atoms with Crippen molar-refractivity contribution in [3.8, 4) is 11.5 Å². The molecule has 0 amide bonds. The van der Waals surface area contributed by atoms with E-state index in [0.29, 0.717) is 11.5 Å². The van der Waals surface area contributed by atoms with Gasteiger partial charge in [0.1, 0.15) is 11.5 Å². The molecule has 1 aliphatic rings. The Balaban J connectivity index is 1.86. The highest BCUT2D eigenvalue weighted by molar-refractivity contribution is 7.86. The van der Waals surface area contributed by atoms with Gasteiger partial charge in [-0.3, -0.25) is 4.79 Å². The van der Waals surface area contributed by atoms with Crippen LogP contribution in [0.1, 0.15) is 41.3 Å². The number of ether oxygens (including phenoxy) is 1. The molecule has 0 atom stereocenters. The van der Waals surface area contributed by atoms with Crippen LogP contribution in [0.15, 0.2) is 48.2 Å². The van der Waals surface area contributed by atoms with Gasteiger partial charge in [0.05, 0.1) is 11.8 Å². The lowest BCUT2D eigenvalue weighted by Crippen LogP contribution is -2.05. The summed E-state index contributed by atoms with van der Waals surface area (Å²) in [4.78, 5) is 12.4. The van der Waals surface area contributed by atoms with Gasteiger partial charge in [-0.15, -0.1) is 0 Å². The summed E-state index contributed by atoms with van der Waals surface area (Å²) in [5.74, 6) is 0.786. The van der Waals surface area contributed by atoms with Gasteiger partial charge in [-0.2, -0.15) is 8.42 Å². The Kier molecular flexibility index (Phi) is 4.39. The zero-order valence-corrected chi connectivity index (χ0v) is 15.0. The van der Waals surface area contributed by atoms with Gasteiger partial charge >= 0.3 is 10.1 Å². The molecule has 0 bridgehead atoms. The van der Waals surface area contributed by atoms with Crippen LogP contribution >= 0.6 is 0 Å². The fraction of sp³-hybridized carbons (Fsp3) is 0.211. The number of hydrogen-bond acceptors (Lipinski definition) is 5. The molecule has 0 aromatic heterocycles. The molecule has 130 valence electrons. The van der Waals surface area contributed by atoms with Crippen LogP contribution in [-0.2, 0) is 10.1 Å². The van der Waals surface area contributed by atoms with Crippen LogP contribution in [0.3, 0.4) is 0 Å². The van der Waals surface area contributed by atoms with E-state index in [1.165, 1.54) is 23.8 Å². The van der Waals surface area contributed by atoms with Gasteiger partial charge < -0.3 is 8.92 Å². The van der Waals surface area contributed by atoms with E-state index in [-0.39, 0.29) is 23.0 Å². The van der Waals surface area contributed by atoms with Gasteiger partial charge in [-0.05, 0) is 35.3 Å². The molecule has 0 N–H and O–H groups in total. The van der Waals surface area contributed by atoms with Crippen LogP contribution in [0.2, 0.25) is 0 Å². The molecule has 2 aromatic rings. The molecule has 0 saturated heterocycles. The molecular formula is C19H18O5S. The third kappa shape index (κ3) is 3.91. The molecule has 6 heteroatoms. The lowest BCUT2D eigenvalue weighted by Gasteiger charge is -2.05. The van der Waals surface area contributed by atoms with Gasteiger partial charge in [-0.1, -0.05) is 38.1 Å². The number of fused-ring (bicyclic) bond motifs is 1. The van der Waals surface area contributed by atoms with Gasteiger partial charge in [0, 0.05) is 6.07 Å². The Bertz CT molecular complexity index is 954. The highest BCUT2D eigenvalue weighted by Crippen LogP contribution is 2.35. The molecule has 5 nitrogen and oxygen atoms in total. The molecule has 3 rings (SSSR count). The van der Waals surface area contributed by atoms with Crippen LogP contribution in [-0.4, -0.2) is 20.5 Å². The smallest absolute Gasteiger partial charge is 0.306 e. The fourth-order valence-corrected chi connectivity index (χ4v) is 2.98. The molecule has 0 aliphatic carbocycles. The van der Waals surface area contributed by atoms with Gasteiger partial charge in [0.15, 0.2) is 5.76 Å². The second-order valence-electron chi connectivity index (χ2n) is 6.21. The van der Waals surface area contributed by atoms with Crippen molar-refractivity contribution in [1.29, 1.82) is 0 Å². The maximum Gasteiger partial charge on any atom is 0.306 e. The normalized spacial score (nSPS) is 15.4. The average Bonchev–Trinajstić information content (AvgIpc) is 2.82. The van der Waals surface area contributed by atoms with Crippen LogP contribution in [0, 0.1) is 0 Å². The van der Waals surface area contributed by atoms with Crippen molar-refractivity contribution in [3.63, 3.8) is 0 Å². The number of Topliss-reactive ketones (excluding diaryl/α,β-unsaturated/α-hetero) is 1. The Morgan fingerprint density at radius 1 is 1.08 bits per heavy atom. The first-order valence-electron chi connectivity index (χ1n) is 7.80. The van der Waals surface area contributed by atoms with Crippen LogP contribution < -0.4 is 8.92 Å². The monoisotopic (exact) mass is 358 g/mol. The second-order valence-corrected chi connectivity index (χ2v) is 7.78. The molecular weight excluding hydrogens is 340 g/mol. The van der Waals surface area contributed by atoms with E-state index in [4.69, 9.17) is 8.92 Å². The largest absolute Gasteiger partial charge is 0.452 e. The second kappa shape index (κ2) is 6.37. The number of allylic oxidation sites excluding steroid dienone is 1. The first-order valence-corrected chi connectivity index (χ1v) is 9.62. The molecule has 1 heterocycles. The summed E-state index contributed by atoms with van der Waals surface area (Å²) < 4.78 is 32.8. The summed E-state index contributed by atoms with van der Waals surface area (Å²) in [5.41, 5.74) is 2.45. The summed E-state index contributed by atoms with van der Waals surface area (Å²) in [6.07, 6.45) is 2.63. The Morgan fingerprint density at radius 3 is 2.36 bits per heavy atom. The minimum Gasteiger partial charge on any atom is -0.452 e. The standard InChI is InChI=1S/C19H18O5S/c1-12(2)14-6-4-13(5-7-14)10-18-19(20)16-9-8-15(11-17(16)23-18)24-25(3,21)22/h4-12H,1-3H3/b18-10-. The number of benzene rings is 2. The zero-order valence-electron chi connectivity index (χ0n) is 14.1. The van der Waals surface area contributed by atoms with Gasteiger partial charge in [-0.25, -0.2) is 0 Å². The summed E-state index contributed by atoms with van der Waals surface area (Å²) >= 11 is 0. The van der Waals surface area contributed by atoms with Crippen molar-refractivity contribution in [2.75, 3.05) is 6.26 Å². The number of ketones is 1. The Morgan fingerprint density at radius 2 is 1.76 bits per heavy atom. The number of hydrogen-bond donors (Lipinski definition) is 0. The lowest BCUT2D eigenvalue weighted by molar-refractivity contribution is 0.101. The van der Waals surface area contributed by atoms with E-state index in [9.17, 15) is 13.2 Å². The predicted octanol–water partition coefficient (Wildman–Crippen LogP) is 3.76. The highest BCUT2D eigenvalue weighted by atomic mass is 32.2. The molecule has 2 aromatic carbocycles. The van der Waals surface area contributed by atoms with Crippen molar-refractivity contribution >= 4 is 22.0 Å². The van der Waals surface area contributed by atoms with Crippen LogP contribution in [0.4, 0.5) is 0 Å². The van der Waals surface area contributed by atoms with Crippen LogP contribution in [0.5, 0.6) is 11.5 Å². The highest BCUT2D eigenvalue weighted by Gasteiger charge is 2.28. The van der Waals surface area contributed by atoms with E-state index in [2.05, 4.69) is 13.8 Å². The summed E-state index contributed by atoms with van der Waals surface area (Å²) in [5, 5.41) is 0. The molecule has 1 aliphatic heterocycles. The van der Waals surface area contributed by atoms with E-state index in [0.717, 1.165) is 11.8 Å².